The monoisotopic (exact) mass is 345 g/mol. The molecule has 2 aromatic rings. The fourth-order valence-electron chi connectivity index (χ4n) is 3.54. The summed E-state index contributed by atoms with van der Waals surface area (Å²) < 4.78 is 3.67. The van der Waals surface area contributed by atoms with Gasteiger partial charge in [-0.15, -0.1) is 0 Å². The largest absolute Gasteiger partial charge is 0.322 e. The summed E-state index contributed by atoms with van der Waals surface area (Å²) in [5.74, 6) is 0.521. The molecule has 1 aliphatic rings. The van der Waals surface area contributed by atoms with Crippen LogP contribution in [0, 0.1) is 19.8 Å². The summed E-state index contributed by atoms with van der Waals surface area (Å²) in [6.45, 7) is 8.57. The molecule has 3 rings (SSSR count). The summed E-state index contributed by atoms with van der Waals surface area (Å²) in [4.78, 5) is 19.0. The Morgan fingerprint density at radius 3 is 2.88 bits per heavy atom. The topological polar surface area (TPSA) is 80.9 Å². The number of rotatable bonds is 5. The number of hydrogen-bond donors (Lipinski definition) is 1. The average molecular weight is 345 g/mol. The van der Waals surface area contributed by atoms with Gasteiger partial charge in [0.2, 0.25) is 5.91 Å². The molecule has 0 radical (unpaired) electrons. The van der Waals surface area contributed by atoms with Crippen molar-refractivity contribution < 1.29 is 4.79 Å². The lowest BCUT2D eigenvalue weighted by Gasteiger charge is -2.36. The zero-order valence-corrected chi connectivity index (χ0v) is 15.4. The summed E-state index contributed by atoms with van der Waals surface area (Å²) in [6.07, 6.45) is 5.58. The van der Waals surface area contributed by atoms with Crippen molar-refractivity contribution in [1.82, 2.24) is 29.4 Å². The molecule has 0 aromatic carbocycles. The molecule has 1 N–H and O–H groups in total. The molecule has 2 aromatic heterocycles. The standard InChI is InChI=1S/C17H27N7O/c1-12-16(13(2)22(4)21-12)20-17(25)14(3)23-7-5-6-15(8-23)9-24-11-18-10-19-24/h10-11,14-15H,5-9H2,1-4H3,(H,20,25). The van der Waals surface area contributed by atoms with E-state index in [9.17, 15) is 4.79 Å². The third kappa shape index (κ3) is 3.89. The first-order chi connectivity index (χ1) is 12.0. The number of aromatic nitrogens is 5. The molecule has 1 fully saturated rings. The van der Waals surface area contributed by atoms with Crippen molar-refractivity contribution in [3.63, 3.8) is 0 Å². The molecule has 0 saturated carbocycles. The van der Waals surface area contributed by atoms with E-state index in [1.54, 1.807) is 17.3 Å². The molecule has 0 aliphatic carbocycles. The van der Waals surface area contributed by atoms with Crippen LogP contribution < -0.4 is 5.32 Å². The Labute approximate surface area is 148 Å². The third-order valence-electron chi connectivity index (χ3n) is 5.15. The van der Waals surface area contributed by atoms with E-state index in [4.69, 9.17) is 0 Å². The van der Waals surface area contributed by atoms with Crippen LogP contribution in [0.4, 0.5) is 5.69 Å². The first-order valence-corrected chi connectivity index (χ1v) is 8.83. The summed E-state index contributed by atoms with van der Waals surface area (Å²) >= 11 is 0. The van der Waals surface area contributed by atoms with Crippen LogP contribution in [0.15, 0.2) is 12.7 Å². The van der Waals surface area contributed by atoms with Gasteiger partial charge in [0, 0.05) is 20.1 Å². The van der Waals surface area contributed by atoms with Crippen LogP contribution >= 0.6 is 0 Å². The van der Waals surface area contributed by atoms with Gasteiger partial charge in [-0.3, -0.25) is 19.1 Å². The number of aryl methyl sites for hydroxylation is 2. The minimum absolute atomic E-state index is 0.0283. The van der Waals surface area contributed by atoms with Gasteiger partial charge in [-0.2, -0.15) is 10.2 Å². The SMILES string of the molecule is Cc1nn(C)c(C)c1NC(=O)C(C)N1CCCC(Cn2cncn2)C1. The van der Waals surface area contributed by atoms with Crippen LogP contribution in [0.25, 0.3) is 0 Å². The van der Waals surface area contributed by atoms with Crippen LogP contribution in [0.2, 0.25) is 0 Å². The predicted molar refractivity (Wildman–Crippen MR) is 95.1 cm³/mol. The summed E-state index contributed by atoms with van der Waals surface area (Å²) in [5, 5.41) is 11.6. The van der Waals surface area contributed by atoms with E-state index in [2.05, 4.69) is 25.4 Å². The molecule has 8 heteroatoms. The molecule has 0 spiro atoms. The van der Waals surface area contributed by atoms with E-state index in [1.165, 1.54) is 0 Å². The second-order valence-electron chi connectivity index (χ2n) is 6.96. The lowest BCUT2D eigenvalue weighted by atomic mass is 9.96. The number of anilines is 1. The van der Waals surface area contributed by atoms with Crippen LogP contribution in [0.3, 0.4) is 0 Å². The van der Waals surface area contributed by atoms with Crippen LogP contribution in [0.5, 0.6) is 0 Å². The molecular weight excluding hydrogens is 318 g/mol. The van der Waals surface area contributed by atoms with Crippen molar-refractivity contribution in [3.8, 4) is 0 Å². The molecular formula is C17H27N7O. The van der Waals surface area contributed by atoms with Gasteiger partial charge < -0.3 is 5.32 Å². The maximum absolute atomic E-state index is 12.7. The maximum Gasteiger partial charge on any atom is 0.241 e. The minimum Gasteiger partial charge on any atom is -0.322 e. The molecule has 1 aliphatic heterocycles. The zero-order valence-electron chi connectivity index (χ0n) is 15.4. The average Bonchev–Trinajstić information content (AvgIpc) is 3.18. The molecule has 3 heterocycles. The number of piperidine rings is 1. The number of carbonyl (C=O) groups excluding carboxylic acids is 1. The van der Waals surface area contributed by atoms with E-state index >= 15 is 0 Å². The number of carbonyl (C=O) groups is 1. The Hall–Kier alpha value is -2.22. The Kier molecular flexibility index (Phi) is 5.17. The lowest BCUT2D eigenvalue weighted by molar-refractivity contribution is -0.121. The first-order valence-electron chi connectivity index (χ1n) is 8.83. The summed E-state index contributed by atoms with van der Waals surface area (Å²) in [6, 6.07) is -0.169. The van der Waals surface area contributed by atoms with Crippen molar-refractivity contribution in [3.05, 3.63) is 24.0 Å². The molecule has 136 valence electrons. The highest BCUT2D eigenvalue weighted by atomic mass is 16.2. The Morgan fingerprint density at radius 2 is 2.24 bits per heavy atom. The van der Waals surface area contributed by atoms with E-state index < -0.39 is 0 Å². The fraction of sp³-hybridized carbons (Fsp3) is 0.647. The third-order valence-corrected chi connectivity index (χ3v) is 5.15. The quantitative estimate of drug-likeness (QED) is 0.885. The smallest absolute Gasteiger partial charge is 0.241 e. The summed E-state index contributed by atoms with van der Waals surface area (Å²) in [5.41, 5.74) is 2.65. The second kappa shape index (κ2) is 7.35. The Balaban J connectivity index is 1.61. The van der Waals surface area contributed by atoms with Crippen molar-refractivity contribution >= 4 is 11.6 Å². The fourth-order valence-corrected chi connectivity index (χ4v) is 3.54. The van der Waals surface area contributed by atoms with Crippen molar-refractivity contribution in [1.29, 1.82) is 0 Å². The van der Waals surface area contributed by atoms with Gasteiger partial charge in [0.05, 0.1) is 23.1 Å². The van der Waals surface area contributed by atoms with Crippen LogP contribution in [-0.2, 0) is 18.4 Å². The normalized spacial score (nSPS) is 19.8. The van der Waals surface area contributed by atoms with E-state index in [-0.39, 0.29) is 11.9 Å². The maximum atomic E-state index is 12.7. The molecule has 8 nitrogen and oxygen atoms in total. The van der Waals surface area contributed by atoms with E-state index in [0.29, 0.717) is 5.92 Å². The highest BCUT2D eigenvalue weighted by Gasteiger charge is 2.28. The molecule has 25 heavy (non-hydrogen) atoms. The molecule has 2 atom stereocenters. The summed E-state index contributed by atoms with van der Waals surface area (Å²) in [7, 11) is 1.89. The van der Waals surface area contributed by atoms with Crippen molar-refractivity contribution in [2.75, 3.05) is 18.4 Å². The predicted octanol–water partition coefficient (Wildman–Crippen LogP) is 1.37. The van der Waals surface area contributed by atoms with Crippen molar-refractivity contribution in [2.45, 2.75) is 46.2 Å². The number of likely N-dealkylation sites (tertiary alicyclic amines) is 1. The Morgan fingerprint density at radius 1 is 1.44 bits per heavy atom. The Bertz CT molecular complexity index is 722. The zero-order chi connectivity index (χ0) is 18.0. The van der Waals surface area contributed by atoms with E-state index in [1.807, 2.05) is 32.5 Å². The van der Waals surface area contributed by atoms with Crippen LogP contribution in [-0.4, -0.2) is 54.5 Å². The van der Waals surface area contributed by atoms with Gasteiger partial charge in [-0.25, -0.2) is 4.98 Å². The van der Waals surface area contributed by atoms with Gasteiger partial charge in [0.25, 0.3) is 0 Å². The minimum atomic E-state index is -0.169. The molecule has 1 amide bonds. The number of amides is 1. The van der Waals surface area contributed by atoms with Crippen molar-refractivity contribution in [2.24, 2.45) is 13.0 Å². The van der Waals surface area contributed by atoms with Crippen LogP contribution in [0.1, 0.15) is 31.2 Å². The lowest BCUT2D eigenvalue weighted by Crippen LogP contribution is -2.47. The first kappa shape index (κ1) is 17.6. The molecule has 2 unspecified atom stereocenters. The molecule has 0 bridgehead atoms. The second-order valence-corrected chi connectivity index (χ2v) is 6.96. The highest BCUT2D eigenvalue weighted by Crippen LogP contribution is 2.22. The van der Waals surface area contributed by atoms with Gasteiger partial charge >= 0.3 is 0 Å². The molecule has 1 saturated heterocycles. The van der Waals surface area contributed by atoms with E-state index in [0.717, 1.165) is 49.6 Å². The van der Waals surface area contributed by atoms with Gasteiger partial charge in [0.15, 0.2) is 0 Å². The highest BCUT2D eigenvalue weighted by molar-refractivity contribution is 5.95. The van der Waals surface area contributed by atoms with Gasteiger partial charge in [0.1, 0.15) is 12.7 Å². The number of nitrogens with one attached hydrogen (secondary N) is 1. The van der Waals surface area contributed by atoms with Gasteiger partial charge in [-0.05, 0) is 46.1 Å². The van der Waals surface area contributed by atoms with Gasteiger partial charge in [-0.1, -0.05) is 0 Å². The number of hydrogen-bond acceptors (Lipinski definition) is 5. The number of nitrogens with zero attached hydrogens (tertiary/aromatic N) is 6.